The number of methoxy groups -OCH3 is 1. The van der Waals surface area contributed by atoms with Gasteiger partial charge < -0.3 is 10.5 Å². The zero-order valence-corrected chi connectivity index (χ0v) is 11.3. The Balaban J connectivity index is 2.01. The van der Waals surface area contributed by atoms with Crippen LogP contribution in [0, 0.1) is 11.6 Å². The Morgan fingerprint density at radius 1 is 1.05 bits per heavy atom. The molecule has 0 aromatic heterocycles. The second kappa shape index (κ2) is 6.48. The first-order valence-electron chi connectivity index (χ1n) is 6.41. The average molecular weight is 277 g/mol. The highest BCUT2D eigenvalue weighted by molar-refractivity contribution is 5.28. The van der Waals surface area contributed by atoms with Gasteiger partial charge in [0.05, 0.1) is 7.11 Å². The van der Waals surface area contributed by atoms with Crippen molar-refractivity contribution >= 4 is 0 Å². The molecule has 0 fully saturated rings. The van der Waals surface area contributed by atoms with Gasteiger partial charge in [0.2, 0.25) is 0 Å². The molecule has 0 saturated heterocycles. The molecule has 1 atom stereocenters. The maximum Gasteiger partial charge on any atom is 0.162 e. The summed E-state index contributed by atoms with van der Waals surface area (Å²) >= 11 is 0. The number of rotatable bonds is 5. The molecule has 1 unspecified atom stereocenters. The van der Waals surface area contributed by atoms with Crippen molar-refractivity contribution in [2.45, 2.75) is 18.9 Å². The Morgan fingerprint density at radius 3 is 2.40 bits per heavy atom. The lowest BCUT2D eigenvalue weighted by Crippen LogP contribution is -2.26. The highest BCUT2D eigenvalue weighted by atomic mass is 19.2. The zero-order valence-electron chi connectivity index (χ0n) is 11.3. The van der Waals surface area contributed by atoms with Crippen LogP contribution < -0.4 is 10.5 Å². The van der Waals surface area contributed by atoms with Gasteiger partial charge in [-0.3, -0.25) is 0 Å². The number of hydrogen-bond acceptors (Lipinski definition) is 2. The SMILES string of the molecule is COc1ccc(CC(N)Cc2cccc(F)c2F)cc1. The Hall–Kier alpha value is -1.94. The van der Waals surface area contributed by atoms with Crippen LogP contribution in [0.15, 0.2) is 42.5 Å². The summed E-state index contributed by atoms with van der Waals surface area (Å²) in [5, 5.41) is 0. The third-order valence-electron chi connectivity index (χ3n) is 3.17. The number of ether oxygens (including phenoxy) is 1. The number of hydrogen-bond donors (Lipinski definition) is 1. The van der Waals surface area contributed by atoms with Crippen molar-refractivity contribution in [2.24, 2.45) is 5.73 Å². The second-order valence-electron chi connectivity index (χ2n) is 4.73. The number of halogens is 2. The zero-order chi connectivity index (χ0) is 14.5. The summed E-state index contributed by atoms with van der Waals surface area (Å²) in [4.78, 5) is 0. The third-order valence-corrected chi connectivity index (χ3v) is 3.17. The molecule has 2 nitrogen and oxygen atoms in total. The van der Waals surface area contributed by atoms with E-state index in [4.69, 9.17) is 10.5 Å². The highest BCUT2D eigenvalue weighted by Gasteiger charge is 2.12. The molecule has 0 aliphatic rings. The monoisotopic (exact) mass is 277 g/mol. The molecule has 0 radical (unpaired) electrons. The fourth-order valence-corrected chi connectivity index (χ4v) is 2.13. The molecule has 0 aliphatic heterocycles. The van der Waals surface area contributed by atoms with E-state index in [0.29, 0.717) is 18.4 Å². The molecule has 0 aliphatic carbocycles. The van der Waals surface area contributed by atoms with Crippen LogP contribution in [-0.4, -0.2) is 13.2 Å². The van der Waals surface area contributed by atoms with Gasteiger partial charge in [-0.2, -0.15) is 0 Å². The van der Waals surface area contributed by atoms with Crippen LogP contribution in [0.25, 0.3) is 0 Å². The van der Waals surface area contributed by atoms with E-state index >= 15 is 0 Å². The van der Waals surface area contributed by atoms with E-state index in [1.807, 2.05) is 24.3 Å². The van der Waals surface area contributed by atoms with E-state index in [2.05, 4.69) is 0 Å². The van der Waals surface area contributed by atoms with Crippen molar-refractivity contribution in [2.75, 3.05) is 7.11 Å². The van der Waals surface area contributed by atoms with Gasteiger partial charge in [-0.25, -0.2) is 8.78 Å². The minimum absolute atomic E-state index is 0.264. The molecule has 0 bridgehead atoms. The van der Waals surface area contributed by atoms with Gasteiger partial charge in [0.25, 0.3) is 0 Å². The van der Waals surface area contributed by atoms with Crippen LogP contribution in [0.2, 0.25) is 0 Å². The lowest BCUT2D eigenvalue weighted by molar-refractivity contribution is 0.414. The van der Waals surface area contributed by atoms with Crippen molar-refractivity contribution in [3.05, 3.63) is 65.2 Å². The molecular formula is C16H17F2NO. The maximum absolute atomic E-state index is 13.6. The predicted octanol–water partition coefficient (Wildman–Crippen LogP) is 3.09. The fourth-order valence-electron chi connectivity index (χ4n) is 2.13. The minimum atomic E-state index is -0.834. The molecule has 2 aromatic rings. The summed E-state index contributed by atoms with van der Waals surface area (Å²) in [5.74, 6) is -0.865. The lowest BCUT2D eigenvalue weighted by Gasteiger charge is -2.13. The molecule has 106 valence electrons. The molecule has 20 heavy (non-hydrogen) atoms. The summed E-state index contributed by atoms with van der Waals surface area (Å²) in [6.45, 7) is 0. The Kier molecular flexibility index (Phi) is 4.69. The van der Waals surface area contributed by atoms with Crippen molar-refractivity contribution in [1.82, 2.24) is 0 Å². The van der Waals surface area contributed by atoms with E-state index in [9.17, 15) is 8.78 Å². The largest absolute Gasteiger partial charge is 0.497 e. The first kappa shape index (κ1) is 14.5. The molecule has 2 rings (SSSR count). The third kappa shape index (κ3) is 3.54. The summed E-state index contributed by atoms with van der Waals surface area (Å²) in [6.07, 6.45) is 0.898. The molecule has 0 saturated carbocycles. The van der Waals surface area contributed by atoms with Gasteiger partial charge in [-0.1, -0.05) is 24.3 Å². The van der Waals surface area contributed by atoms with Crippen molar-refractivity contribution in [1.29, 1.82) is 0 Å². The van der Waals surface area contributed by atoms with Crippen molar-refractivity contribution in [3.63, 3.8) is 0 Å². The van der Waals surface area contributed by atoms with Gasteiger partial charge in [0.15, 0.2) is 11.6 Å². The van der Waals surface area contributed by atoms with E-state index in [0.717, 1.165) is 17.4 Å². The van der Waals surface area contributed by atoms with Gasteiger partial charge >= 0.3 is 0 Å². The molecule has 2 N–H and O–H groups in total. The lowest BCUT2D eigenvalue weighted by atomic mass is 9.99. The van der Waals surface area contributed by atoms with Gasteiger partial charge in [0, 0.05) is 6.04 Å². The van der Waals surface area contributed by atoms with E-state index in [1.54, 1.807) is 13.2 Å². The van der Waals surface area contributed by atoms with Crippen LogP contribution in [-0.2, 0) is 12.8 Å². The summed E-state index contributed by atoms with van der Waals surface area (Å²) in [6, 6.07) is 11.4. The van der Waals surface area contributed by atoms with Crippen LogP contribution in [0.3, 0.4) is 0 Å². The normalized spacial score (nSPS) is 12.2. The standard InChI is InChI=1S/C16H17F2NO/c1-20-14-7-5-11(6-8-14)9-13(19)10-12-3-2-4-15(17)16(12)18/h2-8,13H,9-10,19H2,1H3. The van der Waals surface area contributed by atoms with Gasteiger partial charge in [-0.15, -0.1) is 0 Å². The molecule has 0 amide bonds. The second-order valence-corrected chi connectivity index (χ2v) is 4.73. The van der Waals surface area contributed by atoms with Crippen LogP contribution in [0.1, 0.15) is 11.1 Å². The topological polar surface area (TPSA) is 35.2 Å². The quantitative estimate of drug-likeness (QED) is 0.911. The fraction of sp³-hybridized carbons (Fsp3) is 0.250. The maximum atomic E-state index is 13.6. The first-order chi connectivity index (χ1) is 9.60. The van der Waals surface area contributed by atoms with E-state index in [-0.39, 0.29) is 6.04 Å². The van der Waals surface area contributed by atoms with Crippen molar-refractivity contribution in [3.8, 4) is 5.75 Å². The van der Waals surface area contributed by atoms with Crippen molar-refractivity contribution < 1.29 is 13.5 Å². The predicted molar refractivity (Wildman–Crippen MR) is 74.7 cm³/mol. The van der Waals surface area contributed by atoms with E-state index < -0.39 is 11.6 Å². The average Bonchev–Trinajstić information content (AvgIpc) is 2.45. The van der Waals surface area contributed by atoms with Crippen LogP contribution in [0.5, 0.6) is 5.75 Å². The van der Waals surface area contributed by atoms with Crippen LogP contribution in [0.4, 0.5) is 8.78 Å². The van der Waals surface area contributed by atoms with E-state index in [1.165, 1.54) is 6.07 Å². The summed E-state index contributed by atoms with van der Waals surface area (Å²) in [5.41, 5.74) is 7.36. The first-order valence-corrected chi connectivity index (χ1v) is 6.41. The minimum Gasteiger partial charge on any atom is -0.497 e. The van der Waals surface area contributed by atoms with Gasteiger partial charge in [-0.05, 0) is 42.2 Å². The van der Waals surface area contributed by atoms with Crippen LogP contribution >= 0.6 is 0 Å². The molecule has 2 aromatic carbocycles. The number of benzene rings is 2. The summed E-state index contributed by atoms with van der Waals surface area (Å²) < 4.78 is 31.7. The molecule has 0 heterocycles. The molecule has 4 heteroatoms. The Bertz CT molecular complexity index is 569. The molecular weight excluding hydrogens is 260 g/mol. The molecule has 0 spiro atoms. The number of nitrogens with two attached hydrogens (primary N) is 1. The smallest absolute Gasteiger partial charge is 0.162 e. The summed E-state index contributed by atoms with van der Waals surface area (Å²) in [7, 11) is 1.60. The van der Waals surface area contributed by atoms with Gasteiger partial charge in [0.1, 0.15) is 5.75 Å². The Morgan fingerprint density at radius 2 is 1.75 bits per heavy atom. The Labute approximate surface area is 117 Å². The highest BCUT2D eigenvalue weighted by Crippen LogP contribution is 2.16.